The average Bonchev–Trinajstić information content (AvgIpc) is 2.94. The van der Waals surface area contributed by atoms with Crippen LogP contribution in [0.25, 0.3) is 0 Å². The number of hydrogen-bond acceptors (Lipinski definition) is 0. The summed E-state index contributed by atoms with van der Waals surface area (Å²) in [5.74, 6) is 0. The van der Waals surface area contributed by atoms with Crippen LogP contribution in [-0.2, 0) is 23.3 Å². The topological polar surface area (TPSA) is 0 Å². The molecule has 0 aliphatic heterocycles. The van der Waals surface area contributed by atoms with Gasteiger partial charge in [0.05, 0.1) is 0 Å². The summed E-state index contributed by atoms with van der Waals surface area (Å²) in [6, 6.07) is 0. The molecule has 4 heteroatoms. The second-order valence-electron chi connectivity index (χ2n) is 3.69. The molecule has 100 valence electrons. The van der Waals surface area contributed by atoms with Crippen LogP contribution in [0, 0.1) is 12.2 Å². The van der Waals surface area contributed by atoms with Gasteiger partial charge >= 0.3 is 41.9 Å². The smallest absolute Gasteiger partial charge is 0.109 e. The molecule has 0 N–H and O–H groups in total. The molecular formula is C14H22Cl2SiZr. The van der Waals surface area contributed by atoms with Gasteiger partial charge in [-0.05, 0) is 0 Å². The van der Waals surface area contributed by atoms with E-state index in [4.69, 9.17) is 0 Å². The first kappa shape index (κ1) is 23.7. The predicted octanol–water partition coefficient (Wildman–Crippen LogP) is 5.02. The summed E-state index contributed by atoms with van der Waals surface area (Å²) in [5.41, 5.74) is 1.64. The summed E-state index contributed by atoms with van der Waals surface area (Å²) < 4.78 is 0. The first-order valence-electron chi connectivity index (χ1n) is 5.66. The van der Waals surface area contributed by atoms with Gasteiger partial charge in [-0.15, -0.1) is 37.7 Å². The van der Waals surface area contributed by atoms with E-state index < -0.39 is 0 Å². The first-order valence-corrected chi connectivity index (χ1v) is 11.8. The predicted molar refractivity (Wildman–Crippen MR) is 84.4 cm³/mol. The van der Waals surface area contributed by atoms with Crippen molar-refractivity contribution in [3.63, 3.8) is 0 Å². The minimum absolute atomic E-state index is 0. The quantitative estimate of drug-likeness (QED) is 0.443. The Hall–Kier alpha value is 0.640. The maximum atomic E-state index is 3.11. The molecule has 2 aliphatic carbocycles. The van der Waals surface area contributed by atoms with Gasteiger partial charge in [-0.3, -0.25) is 12.2 Å². The fourth-order valence-corrected chi connectivity index (χ4v) is 1.03. The fourth-order valence-electron chi connectivity index (χ4n) is 1.03. The SMILES string of the molecule is CCC1=CC[C-]=C1.C[Si](C)=[Zr+2].Cl.Cl.[C-]1=CC=CC1. The molecule has 0 fully saturated rings. The van der Waals surface area contributed by atoms with Crippen molar-refractivity contribution in [2.75, 3.05) is 0 Å². The van der Waals surface area contributed by atoms with Gasteiger partial charge in [0, 0.05) is 0 Å². The monoisotopic (exact) mass is 378 g/mol. The summed E-state index contributed by atoms with van der Waals surface area (Å²) in [6.07, 6.45) is 19.6. The van der Waals surface area contributed by atoms with E-state index in [-0.39, 0.29) is 30.2 Å². The minimum Gasteiger partial charge on any atom is -0.273 e. The van der Waals surface area contributed by atoms with E-state index in [1.165, 1.54) is 5.57 Å². The molecular weight excluding hydrogens is 358 g/mol. The molecule has 0 spiro atoms. The molecule has 0 aromatic carbocycles. The van der Waals surface area contributed by atoms with Crippen LogP contribution in [0.2, 0.25) is 13.1 Å². The van der Waals surface area contributed by atoms with Crippen molar-refractivity contribution < 1.29 is 23.3 Å². The third-order valence-corrected chi connectivity index (χ3v) is 1.76. The van der Waals surface area contributed by atoms with Crippen LogP contribution in [-0.4, -0.2) is 5.43 Å². The molecule has 0 aromatic rings. The van der Waals surface area contributed by atoms with Crippen LogP contribution in [0.3, 0.4) is 0 Å². The van der Waals surface area contributed by atoms with E-state index in [9.17, 15) is 0 Å². The van der Waals surface area contributed by atoms with Gasteiger partial charge in [-0.2, -0.15) is 12.2 Å². The van der Waals surface area contributed by atoms with Gasteiger partial charge in [-0.25, -0.2) is 23.8 Å². The number of allylic oxidation sites excluding steroid dienone is 8. The fraction of sp³-hybridized carbons (Fsp3) is 0.429. The first-order chi connectivity index (χ1) is 7.66. The Labute approximate surface area is 140 Å². The third-order valence-electron chi connectivity index (χ3n) is 1.76. The molecule has 0 bridgehead atoms. The van der Waals surface area contributed by atoms with Crippen molar-refractivity contribution in [1.29, 1.82) is 0 Å². The van der Waals surface area contributed by atoms with Crippen molar-refractivity contribution in [2.45, 2.75) is 39.3 Å². The molecule has 0 aromatic heterocycles. The van der Waals surface area contributed by atoms with E-state index in [1.807, 2.05) is 12.2 Å². The van der Waals surface area contributed by atoms with Crippen LogP contribution in [0.15, 0.2) is 36.0 Å². The second kappa shape index (κ2) is 17.6. The number of halogens is 2. The Morgan fingerprint density at radius 2 is 1.83 bits per heavy atom. The normalized spacial score (nSPS) is 13.3. The Kier molecular flexibility index (Phi) is 23.2. The molecule has 0 nitrogen and oxygen atoms in total. The van der Waals surface area contributed by atoms with Crippen LogP contribution < -0.4 is 0 Å². The molecule has 0 atom stereocenters. The Balaban J connectivity index is -0.000000185. The molecule has 18 heavy (non-hydrogen) atoms. The third kappa shape index (κ3) is 19.0. The summed E-state index contributed by atoms with van der Waals surface area (Å²) in [4.78, 5) is 0. The summed E-state index contributed by atoms with van der Waals surface area (Å²) in [7, 11) is 0. The molecule has 2 rings (SSSR count). The van der Waals surface area contributed by atoms with Gasteiger partial charge in [-0.1, -0.05) is 13.3 Å². The zero-order chi connectivity index (χ0) is 12.2. The Bertz CT molecular complexity index is 304. The number of rotatable bonds is 1. The Morgan fingerprint density at radius 1 is 1.22 bits per heavy atom. The van der Waals surface area contributed by atoms with E-state index in [1.54, 1.807) is 23.3 Å². The van der Waals surface area contributed by atoms with Gasteiger partial charge in [0.25, 0.3) is 0 Å². The number of hydrogen-bond donors (Lipinski definition) is 0. The summed E-state index contributed by atoms with van der Waals surface area (Å²) in [5, 5.41) is 0. The van der Waals surface area contributed by atoms with Gasteiger partial charge in [0.15, 0.2) is 0 Å². The van der Waals surface area contributed by atoms with Gasteiger partial charge < -0.3 is 0 Å². The molecule has 0 amide bonds. The maximum absolute atomic E-state index is 3.11. The summed E-state index contributed by atoms with van der Waals surface area (Å²) >= 11 is 1.74. The van der Waals surface area contributed by atoms with E-state index in [2.05, 4.69) is 50.4 Å². The van der Waals surface area contributed by atoms with Crippen molar-refractivity contribution in [3.8, 4) is 0 Å². The van der Waals surface area contributed by atoms with Crippen molar-refractivity contribution in [1.82, 2.24) is 0 Å². The molecule has 0 heterocycles. The van der Waals surface area contributed by atoms with Crippen molar-refractivity contribution in [2.24, 2.45) is 0 Å². The van der Waals surface area contributed by atoms with Crippen LogP contribution in [0.4, 0.5) is 0 Å². The van der Waals surface area contributed by atoms with Gasteiger partial charge in [0.2, 0.25) is 0 Å². The molecule has 0 unspecified atom stereocenters. The zero-order valence-corrected chi connectivity index (χ0v) is 16.4. The Morgan fingerprint density at radius 3 is 2.00 bits per heavy atom. The molecule has 0 radical (unpaired) electrons. The van der Waals surface area contributed by atoms with E-state index in [0.29, 0.717) is 0 Å². The van der Waals surface area contributed by atoms with Gasteiger partial charge in [0.1, 0.15) is 0 Å². The van der Waals surface area contributed by atoms with Crippen LogP contribution >= 0.6 is 24.8 Å². The second-order valence-corrected chi connectivity index (χ2v) is 13.1. The van der Waals surface area contributed by atoms with E-state index >= 15 is 0 Å². The minimum atomic E-state index is 0. The zero-order valence-electron chi connectivity index (χ0n) is 11.3. The maximum Gasteiger partial charge on any atom is -0.109 e. The molecule has 0 saturated heterocycles. The molecule has 0 saturated carbocycles. The van der Waals surface area contributed by atoms with Crippen LogP contribution in [0.5, 0.6) is 0 Å². The standard InChI is InChI=1S/C7H9.C5H5.C2H6Si.2ClH.Zr/c1-2-7-5-3-4-6-7;1-2-4-5-3-1;1-3-2;;;/h5-6H,2-3H2,1H3;1-3H,4H2;1-2H3;2*1H;/q2*-1;;;;+2. The van der Waals surface area contributed by atoms with E-state index in [0.717, 1.165) is 19.3 Å². The van der Waals surface area contributed by atoms with Crippen molar-refractivity contribution in [3.05, 3.63) is 48.1 Å². The largest absolute Gasteiger partial charge is 0.273 e. The molecule has 2 aliphatic rings. The summed E-state index contributed by atoms with van der Waals surface area (Å²) in [6.45, 7) is 6.78. The van der Waals surface area contributed by atoms with Crippen LogP contribution in [0.1, 0.15) is 26.2 Å². The van der Waals surface area contributed by atoms with Crippen molar-refractivity contribution >= 4 is 30.2 Å². The average molecular weight is 381 g/mol.